The van der Waals surface area contributed by atoms with Crippen LogP contribution >= 0.6 is 12.2 Å². The second-order valence-electron chi connectivity index (χ2n) is 6.61. The zero-order valence-electron chi connectivity index (χ0n) is 16.3. The van der Waals surface area contributed by atoms with Crippen LogP contribution in [-0.4, -0.2) is 54.8 Å². The lowest BCUT2D eigenvalue weighted by Crippen LogP contribution is -2.49. The van der Waals surface area contributed by atoms with E-state index in [4.69, 9.17) is 21.7 Å². The predicted molar refractivity (Wildman–Crippen MR) is 114 cm³/mol. The minimum absolute atomic E-state index is 0.241. The van der Waals surface area contributed by atoms with Gasteiger partial charge in [0.15, 0.2) is 5.11 Å². The van der Waals surface area contributed by atoms with Crippen molar-refractivity contribution in [3.63, 3.8) is 0 Å². The molecule has 5 nitrogen and oxygen atoms in total. The third-order valence-electron chi connectivity index (χ3n) is 4.71. The number of ether oxygens (including phenoxy) is 2. The number of rotatable bonds is 6. The molecule has 0 saturated carbocycles. The van der Waals surface area contributed by atoms with E-state index in [2.05, 4.69) is 15.1 Å². The van der Waals surface area contributed by atoms with E-state index in [0.29, 0.717) is 18.3 Å². The number of hydrogen-bond acceptors (Lipinski definition) is 4. The van der Waals surface area contributed by atoms with Gasteiger partial charge in [-0.05, 0) is 61.6 Å². The van der Waals surface area contributed by atoms with Crippen LogP contribution in [0.1, 0.15) is 12.5 Å². The summed E-state index contributed by atoms with van der Waals surface area (Å²) in [6, 6.07) is 12.4. The van der Waals surface area contributed by atoms with Crippen molar-refractivity contribution in [2.75, 3.05) is 45.2 Å². The molecule has 150 valence electrons. The van der Waals surface area contributed by atoms with Gasteiger partial charge in [0.1, 0.15) is 17.3 Å². The molecule has 3 rings (SSSR count). The second kappa shape index (κ2) is 9.71. The van der Waals surface area contributed by atoms with Crippen LogP contribution in [-0.2, 0) is 6.54 Å². The highest BCUT2D eigenvalue weighted by molar-refractivity contribution is 7.80. The molecule has 1 aliphatic heterocycles. The molecule has 1 N–H and O–H groups in total. The summed E-state index contributed by atoms with van der Waals surface area (Å²) in [5, 5.41) is 4.00. The zero-order chi connectivity index (χ0) is 19.9. The lowest BCUT2D eigenvalue weighted by Gasteiger charge is -2.36. The van der Waals surface area contributed by atoms with Gasteiger partial charge in [-0.2, -0.15) is 0 Å². The van der Waals surface area contributed by atoms with Crippen molar-refractivity contribution in [2.45, 2.75) is 13.5 Å². The molecular formula is C21H26FN3O2S. The predicted octanol–water partition coefficient (Wildman–Crippen LogP) is 3.75. The summed E-state index contributed by atoms with van der Waals surface area (Å²) in [7, 11) is 1.61. The largest absolute Gasteiger partial charge is 0.496 e. The maximum absolute atomic E-state index is 13.6. The van der Waals surface area contributed by atoms with E-state index in [0.717, 1.165) is 48.9 Å². The molecule has 2 aromatic carbocycles. The van der Waals surface area contributed by atoms with Crippen molar-refractivity contribution in [1.29, 1.82) is 0 Å². The molecule has 1 fully saturated rings. The number of anilines is 1. The van der Waals surface area contributed by atoms with Gasteiger partial charge < -0.3 is 19.7 Å². The van der Waals surface area contributed by atoms with Gasteiger partial charge in [-0.1, -0.05) is 0 Å². The summed E-state index contributed by atoms with van der Waals surface area (Å²) < 4.78 is 24.4. The van der Waals surface area contributed by atoms with Crippen molar-refractivity contribution in [1.82, 2.24) is 9.80 Å². The summed E-state index contributed by atoms with van der Waals surface area (Å²) >= 11 is 5.56. The quantitative estimate of drug-likeness (QED) is 0.741. The number of piperazine rings is 1. The molecule has 0 radical (unpaired) electrons. The van der Waals surface area contributed by atoms with Crippen LogP contribution in [0.25, 0.3) is 0 Å². The van der Waals surface area contributed by atoms with Crippen molar-refractivity contribution in [3.05, 3.63) is 53.8 Å². The van der Waals surface area contributed by atoms with E-state index >= 15 is 0 Å². The molecule has 0 aliphatic carbocycles. The molecule has 1 saturated heterocycles. The zero-order valence-corrected chi connectivity index (χ0v) is 17.1. The molecule has 1 aliphatic rings. The Hall–Kier alpha value is -2.38. The molecule has 7 heteroatoms. The molecule has 0 amide bonds. The van der Waals surface area contributed by atoms with Gasteiger partial charge in [0, 0.05) is 44.0 Å². The fraction of sp³-hybridized carbons (Fsp3) is 0.381. The van der Waals surface area contributed by atoms with Crippen molar-refractivity contribution >= 4 is 23.0 Å². The Balaban J connectivity index is 1.50. The number of nitrogens with one attached hydrogen (secondary N) is 1. The first-order valence-electron chi connectivity index (χ1n) is 9.42. The highest BCUT2D eigenvalue weighted by Crippen LogP contribution is 2.22. The van der Waals surface area contributed by atoms with E-state index in [1.54, 1.807) is 19.2 Å². The minimum atomic E-state index is -0.241. The highest BCUT2D eigenvalue weighted by Gasteiger charge is 2.20. The number of hydrogen-bond donors (Lipinski definition) is 1. The SMILES string of the molecule is CCOc1ccc(NC(=S)N2CCN(Cc3cc(F)ccc3OC)CC2)cc1. The fourth-order valence-electron chi connectivity index (χ4n) is 3.22. The topological polar surface area (TPSA) is 37.0 Å². The average Bonchev–Trinajstić information content (AvgIpc) is 2.70. The van der Waals surface area contributed by atoms with Gasteiger partial charge in [0.2, 0.25) is 0 Å². The summed E-state index contributed by atoms with van der Waals surface area (Å²) in [6.07, 6.45) is 0. The Morgan fingerprint density at radius 3 is 2.46 bits per heavy atom. The van der Waals surface area contributed by atoms with Gasteiger partial charge in [-0.25, -0.2) is 4.39 Å². The van der Waals surface area contributed by atoms with Gasteiger partial charge >= 0.3 is 0 Å². The molecule has 0 bridgehead atoms. The summed E-state index contributed by atoms with van der Waals surface area (Å²) in [5.74, 6) is 1.33. The number of halogens is 1. The van der Waals surface area contributed by atoms with Crippen molar-refractivity contribution < 1.29 is 13.9 Å². The lowest BCUT2D eigenvalue weighted by molar-refractivity contribution is 0.175. The number of thiocarbonyl (C=S) groups is 1. The molecule has 0 aromatic heterocycles. The minimum Gasteiger partial charge on any atom is -0.496 e. The van der Waals surface area contributed by atoms with E-state index in [1.807, 2.05) is 31.2 Å². The first kappa shape index (κ1) is 20.4. The maximum Gasteiger partial charge on any atom is 0.173 e. The Morgan fingerprint density at radius 2 is 1.82 bits per heavy atom. The number of methoxy groups -OCH3 is 1. The van der Waals surface area contributed by atoms with Crippen LogP contribution in [0, 0.1) is 5.82 Å². The highest BCUT2D eigenvalue weighted by atomic mass is 32.1. The summed E-state index contributed by atoms with van der Waals surface area (Å²) in [5.41, 5.74) is 1.81. The molecule has 1 heterocycles. The molecule has 2 aromatic rings. The Bertz CT molecular complexity index is 793. The Labute approximate surface area is 171 Å². The number of nitrogens with zero attached hydrogens (tertiary/aromatic N) is 2. The van der Waals surface area contributed by atoms with Crippen LogP contribution in [0.15, 0.2) is 42.5 Å². The van der Waals surface area contributed by atoms with Crippen LogP contribution in [0.3, 0.4) is 0 Å². The fourth-order valence-corrected chi connectivity index (χ4v) is 3.52. The second-order valence-corrected chi connectivity index (χ2v) is 6.99. The molecular weight excluding hydrogens is 377 g/mol. The first-order chi connectivity index (χ1) is 13.6. The van der Waals surface area contributed by atoms with E-state index < -0.39 is 0 Å². The van der Waals surface area contributed by atoms with E-state index in [9.17, 15) is 4.39 Å². The normalized spacial score (nSPS) is 14.6. The van der Waals surface area contributed by atoms with Gasteiger partial charge in [0.25, 0.3) is 0 Å². The van der Waals surface area contributed by atoms with Gasteiger partial charge in [0.05, 0.1) is 13.7 Å². The van der Waals surface area contributed by atoms with Gasteiger partial charge in [-0.15, -0.1) is 0 Å². The molecule has 0 unspecified atom stereocenters. The van der Waals surface area contributed by atoms with Crippen LogP contribution in [0.2, 0.25) is 0 Å². The van der Waals surface area contributed by atoms with Crippen molar-refractivity contribution in [3.8, 4) is 11.5 Å². The Morgan fingerprint density at radius 1 is 1.11 bits per heavy atom. The first-order valence-corrected chi connectivity index (χ1v) is 9.83. The summed E-state index contributed by atoms with van der Waals surface area (Å²) in [6.45, 7) is 6.62. The smallest absolute Gasteiger partial charge is 0.173 e. The maximum atomic E-state index is 13.6. The number of benzene rings is 2. The van der Waals surface area contributed by atoms with Crippen LogP contribution in [0.5, 0.6) is 11.5 Å². The average molecular weight is 404 g/mol. The van der Waals surface area contributed by atoms with Gasteiger partial charge in [-0.3, -0.25) is 4.90 Å². The summed E-state index contributed by atoms with van der Waals surface area (Å²) in [4.78, 5) is 4.44. The third kappa shape index (κ3) is 5.33. The Kier molecular flexibility index (Phi) is 7.06. The van der Waals surface area contributed by atoms with E-state index in [1.165, 1.54) is 6.07 Å². The molecule has 28 heavy (non-hydrogen) atoms. The van der Waals surface area contributed by atoms with Crippen LogP contribution < -0.4 is 14.8 Å². The molecule has 0 atom stereocenters. The monoisotopic (exact) mass is 403 g/mol. The van der Waals surface area contributed by atoms with E-state index in [-0.39, 0.29) is 5.82 Å². The third-order valence-corrected chi connectivity index (χ3v) is 5.07. The molecule has 0 spiro atoms. The van der Waals surface area contributed by atoms with Crippen molar-refractivity contribution in [2.24, 2.45) is 0 Å². The lowest BCUT2D eigenvalue weighted by atomic mass is 10.1. The standard InChI is InChI=1S/C21H26FN3O2S/c1-3-27-19-7-5-18(6-8-19)23-21(28)25-12-10-24(11-13-25)15-16-14-17(22)4-9-20(16)26-2/h4-9,14H,3,10-13,15H2,1-2H3,(H,23,28). The van der Waals surface area contributed by atoms with Crippen LogP contribution in [0.4, 0.5) is 10.1 Å².